The van der Waals surface area contributed by atoms with Gasteiger partial charge < -0.3 is 0 Å². The van der Waals surface area contributed by atoms with E-state index in [2.05, 4.69) is 20.2 Å². The van der Waals surface area contributed by atoms with Gasteiger partial charge in [0.2, 0.25) is 0 Å². The molecule has 26 heavy (non-hydrogen) atoms. The number of fused-ring (bicyclic) bond motifs is 3. The zero-order valence-corrected chi connectivity index (χ0v) is 13.6. The maximum absolute atomic E-state index is 13.5. The first kappa shape index (κ1) is 14.7. The first-order valence-corrected chi connectivity index (χ1v) is 8.16. The summed E-state index contributed by atoms with van der Waals surface area (Å²) >= 11 is 0. The molecule has 0 saturated heterocycles. The second kappa shape index (κ2) is 5.73. The van der Waals surface area contributed by atoms with Crippen LogP contribution in [-0.2, 0) is 6.42 Å². The van der Waals surface area contributed by atoms with Gasteiger partial charge in [-0.25, -0.2) is 23.6 Å². The van der Waals surface area contributed by atoms with Crippen LogP contribution in [0.4, 0.5) is 4.39 Å². The van der Waals surface area contributed by atoms with Gasteiger partial charge in [0.05, 0.1) is 17.3 Å². The summed E-state index contributed by atoms with van der Waals surface area (Å²) in [7, 11) is 0. The maximum Gasteiger partial charge on any atom is 0.170 e. The molecular weight excluding hydrogens is 331 g/mol. The lowest BCUT2D eigenvalue weighted by Gasteiger charge is -2.02. The highest BCUT2D eigenvalue weighted by molar-refractivity contribution is 5.89. The van der Waals surface area contributed by atoms with E-state index in [1.165, 1.54) is 12.1 Å². The van der Waals surface area contributed by atoms with Crippen molar-refractivity contribution in [3.05, 3.63) is 84.3 Å². The molecule has 7 heteroatoms. The van der Waals surface area contributed by atoms with Crippen molar-refractivity contribution in [1.29, 1.82) is 0 Å². The Kier molecular flexibility index (Phi) is 3.24. The van der Waals surface area contributed by atoms with Crippen LogP contribution < -0.4 is 0 Å². The van der Waals surface area contributed by atoms with Crippen molar-refractivity contribution in [1.82, 2.24) is 29.4 Å². The molecule has 0 radical (unpaired) electrons. The van der Waals surface area contributed by atoms with Crippen molar-refractivity contribution >= 4 is 16.7 Å². The third kappa shape index (κ3) is 2.41. The highest BCUT2D eigenvalue weighted by Crippen LogP contribution is 2.20. The van der Waals surface area contributed by atoms with E-state index in [1.807, 2.05) is 30.3 Å². The molecule has 0 saturated carbocycles. The van der Waals surface area contributed by atoms with Crippen molar-refractivity contribution < 1.29 is 4.39 Å². The molecule has 5 aromatic rings. The van der Waals surface area contributed by atoms with Crippen molar-refractivity contribution in [3.8, 4) is 5.69 Å². The molecule has 0 bridgehead atoms. The minimum absolute atomic E-state index is 0.320. The molecule has 6 nitrogen and oxygen atoms in total. The average molecular weight is 344 g/mol. The lowest BCUT2D eigenvalue weighted by Crippen LogP contribution is -1.99. The van der Waals surface area contributed by atoms with Gasteiger partial charge in [-0.2, -0.15) is 5.10 Å². The van der Waals surface area contributed by atoms with Gasteiger partial charge in [0.25, 0.3) is 0 Å². The van der Waals surface area contributed by atoms with Gasteiger partial charge in [-0.15, -0.1) is 5.10 Å². The first-order valence-electron chi connectivity index (χ1n) is 8.16. The summed E-state index contributed by atoms with van der Waals surface area (Å²) in [6.45, 7) is 0. The summed E-state index contributed by atoms with van der Waals surface area (Å²) < 4.78 is 16.8. The van der Waals surface area contributed by atoms with Gasteiger partial charge in [0.15, 0.2) is 17.1 Å². The first-order chi connectivity index (χ1) is 12.8. The Morgan fingerprint density at radius 3 is 2.69 bits per heavy atom. The van der Waals surface area contributed by atoms with Gasteiger partial charge in [0, 0.05) is 6.42 Å². The lowest BCUT2D eigenvalue weighted by molar-refractivity contribution is 0.625. The lowest BCUT2D eigenvalue weighted by atomic mass is 10.1. The molecule has 0 spiro atoms. The third-order valence-corrected chi connectivity index (χ3v) is 4.21. The van der Waals surface area contributed by atoms with Crippen molar-refractivity contribution in [3.63, 3.8) is 0 Å². The Bertz CT molecular complexity index is 1220. The number of rotatable bonds is 3. The Morgan fingerprint density at radius 2 is 1.85 bits per heavy atom. The molecule has 2 aromatic carbocycles. The van der Waals surface area contributed by atoms with Crippen LogP contribution in [0, 0.1) is 5.82 Å². The summed E-state index contributed by atoms with van der Waals surface area (Å²) in [6.07, 6.45) is 3.93. The number of nitrogens with zero attached hydrogens (tertiary/aromatic N) is 6. The summed E-state index contributed by atoms with van der Waals surface area (Å²) in [5, 5.41) is 9.62. The smallest absolute Gasteiger partial charge is 0.170 e. The van der Waals surface area contributed by atoms with Gasteiger partial charge >= 0.3 is 0 Å². The second-order valence-corrected chi connectivity index (χ2v) is 5.98. The summed E-state index contributed by atoms with van der Waals surface area (Å²) in [5.74, 6) is 0.392. The molecule has 0 amide bonds. The zero-order valence-electron chi connectivity index (χ0n) is 13.6. The summed E-state index contributed by atoms with van der Waals surface area (Å²) in [6, 6.07) is 16.3. The van der Waals surface area contributed by atoms with E-state index in [-0.39, 0.29) is 5.82 Å². The van der Waals surface area contributed by atoms with Crippen LogP contribution in [0.2, 0.25) is 0 Å². The van der Waals surface area contributed by atoms with Crippen molar-refractivity contribution in [2.75, 3.05) is 0 Å². The maximum atomic E-state index is 13.5. The quantitative estimate of drug-likeness (QED) is 0.504. The molecule has 5 rings (SSSR count). The monoisotopic (exact) mass is 344 g/mol. The number of hydrogen-bond donors (Lipinski definition) is 0. The number of hydrogen-bond acceptors (Lipinski definition) is 4. The predicted molar refractivity (Wildman–Crippen MR) is 94.6 cm³/mol. The van der Waals surface area contributed by atoms with E-state index in [9.17, 15) is 4.39 Å². The largest absolute Gasteiger partial charge is 0.216 e. The van der Waals surface area contributed by atoms with Crippen LogP contribution in [-0.4, -0.2) is 29.4 Å². The van der Waals surface area contributed by atoms with Gasteiger partial charge in [0.1, 0.15) is 12.1 Å². The fourth-order valence-corrected chi connectivity index (χ4v) is 3.02. The van der Waals surface area contributed by atoms with Crippen LogP contribution in [0.15, 0.2) is 67.1 Å². The molecular formula is C19H13FN6. The number of halogens is 1. The van der Waals surface area contributed by atoms with E-state index < -0.39 is 0 Å². The summed E-state index contributed by atoms with van der Waals surface area (Å²) in [4.78, 5) is 9.08. The normalized spacial score (nSPS) is 11.4. The van der Waals surface area contributed by atoms with Crippen LogP contribution in [0.1, 0.15) is 11.4 Å². The summed E-state index contributed by atoms with van der Waals surface area (Å²) in [5.41, 5.74) is 3.05. The van der Waals surface area contributed by atoms with Gasteiger partial charge in [-0.05, 0) is 23.8 Å². The second-order valence-electron chi connectivity index (χ2n) is 5.98. The van der Waals surface area contributed by atoms with Crippen molar-refractivity contribution in [2.45, 2.75) is 6.42 Å². The van der Waals surface area contributed by atoms with E-state index in [1.54, 1.807) is 33.9 Å². The standard InChI is InChI=1S/C19H13FN6/c20-14-7-4-8-15(10-14)26-18-16(11-22-26)19-23-17(24-25(19)12-21-18)9-13-5-2-1-3-6-13/h1-8,10-12H,9H2. The third-order valence-electron chi connectivity index (χ3n) is 4.21. The van der Waals surface area contributed by atoms with E-state index in [0.29, 0.717) is 29.2 Å². The Hall–Kier alpha value is -3.61. The molecule has 3 heterocycles. The fraction of sp³-hybridized carbons (Fsp3) is 0.0526. The van der Waals surface area contributed by atoms with E-state index in [0.717, 1.165) is 10.9 Å². The Morgan fingerprint density at radius 1 is 0.962 bits per heavy atom. The molecule has 0 fully saturated rings. The molecule has 126 valence electrons. The molecule has 0 atom stereocenters. The van der Waals surface area contributed by atoms with Crippen molar-refractivity contribution in [2.24, 2.45) is 0 Å². The highest BCUT2D eigenvalue weighted by atomic mass is 19.1. The van der Waals surface area contributed by atoms with Crippen LogP contribution in [0.3, 0.4) is 0 Å². The van der Waals surface area contributed by atoms with Crippen LogP contribution in [0.5, 0.6) is 0 Å². The molecule has 0 aliphatic rings. The number of aromatic nitrogens is 6. The Balaban J connectivity index is 1.62. The predicted octanol–water partition coefficient (Wildman–Crippen LogP) is 3.19. The molecule has 0 N–H and O–H groups in total. The van der Waals surface area contributed by atoms with Gasteiger partial charge in [-0.3, -0.25) is 0 Å². The molecule has 0 aliphatic carbocycles. The SMILES string of the molecule is Fc1cccc(-n2ncc3c2ncn2nc(Cc4ccccc4)nc32)c1. The Labute approximate surface area is 147 Å². The van der Waals surface area contributed by atoms with Crippen LogP contribution >= 0.6 is 0 Å². The minimum atomic E-state index is -0.320. The van der Waals surface area contributed by atoms with Gasteiger partial charge in [-0.1, -0.05) is 36.4 Å². The minimum Gasteiger partial charge on any atom is -0.216 e. The topological polar surface area (TPSA) is 60.9 Å². The number of benzene rings is 2. The van der Waals surface area contributed by atoms with E-state index >= 15 is 0 Å². The molecule has 0 aliphatic heterocycles. The highest BCUT2D eigenvalue weighted by Gasteiger charge is 2.14. The molecule has 0 unspecified atom stereocenters. The average Bonchev–Trinajstić information content (AvgIpc) is 3.25. The van der Waals surface area contributed by atoms with E-state index in [4.69, 9.17) is 0 Å². The fourth-order valence-electron chi connectivity index (χ4n) is 3.02. The molecule has 3 aromatic heterocycles. The van der Waals surface area contributed by atoms with Crippen LogP contribution in [0.25, 0.3) is 22.4 Å². The zero-order chi connectivity index (χ0) is 17.5.